The molecule has 0 aliphatic carbocycles. The number of benzene rings is 2. The molecule has 2 aromatic rings. The van der Waals surface area contributed by atoms with E-state index in [4.69, 9.17) is 4.74 Å². The normalized spacial score (nSPS) is 11.3. The van der Waals surface area contributed by atoms with E-state index < -0.39 is 27.4 Å². The summed E-state index contributed by atoms with van der Waals surface area (Å²) in [6.45, 7) is 3.10. The maximum atomic E-state index is 12.3. The summed E-state index contributed by atoms with van der Waals surface area (Å²) in [6.07, 6.45) is 2.23. The molecule has 160 valence electrons. The second-order valence-corrected chi connectivity index (χ2v) is 8.45. The van der Waals surface area contributed by atoms with Crippen molar-refractivity contribution >= 4 is 33.5 Å². The van der Waals surface area contributed by atoms with Crippen LogP contribution in [0.1, 0.15) is 16.7 Å². The van der Waals surface area contributed by atoms with Gasteiger partial charge >= 0.3 is 5.69 Å². The number of nitrogens with zero attached hydrogens (tertiary/aromatic N) is 3. The lowest BCUT2D eigenvalue weighted by molar-refractivity contribution is -0.385. The van der Waals surface area contributed by atoms with Gasteiger partial charge in [0.15, 0.2) is 5.75 Å². The smallest absolute Gasteiger partial charge is 0.311 e. The lowest BCUT2D eigenvalue weighted by Gasteiger charge is -2.23. The molecule has 0 unspecified atom stereocenters. The molecule has 0 saturated carbocycles. The van der Waals surface area contributed by atoms with Crippen LogP contribution in [0.4, 0.5) is 11.4 Å². The summed E-state index contributed by atoms with van der Waals surface area (Å²) in [7, 11) is -2.40. The zero-order valence-corrected chi connectivity index (χ0v) is 17.8. The zero-order valence-electron chi connectivity index (χ0n) is 16.9. The van der Waals surface area contributed by atoms with Crippen molar-refractivity contribution in [1.82, 2.24) is 5.43 Å². The number of carbonyl (C=O) groups is 1. The van der Waals surface area contributed by atoms with Gasteiger partial charge in [0.25, 0.3) is 5.91 Å². The fraction of sp³-hybridized carbons (Fsp3) is 0.263. The Morgan fingerprint density at radius 3 is 2.57 bits per heavy atom. The molecular formula is C19H22N4O6S. The first-order valence-corrected chi connectivity index (χ1v) is 10.6. The molecule has 0 aliphatic rings. The molecule has 10 nitrogen and oxygen atoms in total. The van der Waals surface area contributed by atoms with Crippen molar-refractivity contribution in [2.45, 2.75) is 13.8 Å². The van der Waals surface area contributed by atoms with E-state index >= 15 is 0 Å². The molecule has 1 N–H and O–H groups in total. The Morgan fingerprint density at radius 1 is 1.27 bits per heavy atom. The van der Waals surface area contributed by atoms with Crippen molar-refractivity contribution in [3.05, 3.63) is 63.2 Å². The van der Waals surface area contributed by atoms with Crippen molar-refractivity contribution in [2.24, 2.45) is 5.10 Å². The highest BCUT2D eigenvalue weighted by Crippen LogP contribution is 2.27. The Hall–Kier alpha value is -3.47. The van der Waals surface area contributed by atoms with E-state index in [-0.39, 0.29) is 11.4 Å². The fourth-order valence-corrected chi connectivity index (χ4v) is 3.55. The third-order valence-electron chi connectivity index (χ3n) is 4.12. The van der Waals surface area contributed by atoms with Crippen molar-refractivity contribution in [3.8, 4) is 5.75 Å². The van der Waals surface area contributed by atoms with Crippen molar-refractivity contribution in [3.63, 3.8) is 0 Å². The molecule has 0 spiro atoms. The minimum absolute atomic E-state index is 0.0958. The van der Waals surface area contributed by atoms with Crippen LogP contribution in [0.5, 0.6) is 5.75 Å². The molecule has 1 amide bonds. The first kappa shape index (κ1) is 22.8. The van der Waals surface area contributed by atoms with Gasteiger partial charge in [-0.05, 0) is 43.2 Å². The van der Waals surface area contributed by atoms with E-state index in [2.05, 4.69) is 10.5 Å². The van der Waals surface area contributed by atoms with Crippen LogP contribution in [0, 0.1) is 24.0 Å². The van der Waals surface area contributed by atoms with Crippen molar-refractivity contribution in [1.29, 1.82) is 0 Å². The lowest BCUT2D eigenvalue weighted by atomic mass is 10.1. The number of methoxy groups -OCH3 is 1. The fourth-order valence-electron chi connectivity index (χ4n) is 2.64. The number of nitro groups is 1. The highest BCUT2D eigenvalue weighted by atomic mass is 32.2. The van der Waals surface area contributed by atoms with Gasteiger partial charge in [-0.1, -0.05) is 12.1 Å². The van der Waals surface area contributed by atoms with E-state index in [0.717, 1.165) is 16.1 Å². The number of sulfonamides is 1. The number of hydrogen-bond acceptors (Lipinski definition) is 7. The summed E-state index contributed by atoms with van der Waals surface area (Å²) in [5.74, 6) is -0.570. The second-order valence-electron chi connectivity index (χ2n) is 6.54. The van der Waals surface area contributed by atoms with Gasteiger partial charge in [-0.25, -0.2) is 13.8 Å². The van der Waals surface area contributed by atoms with Crippen LogP contribution in [0.3, 0.4) is 0 Å². The first-order valence-electron chi connectivity index (χ1n) is 8.72. The molecule has 0 atom stereocenters. The maximum absolute atomic E-state index is 12.3. The largest absolute Gasteiger partial charge is 0.490 e. The predicted octanol–water partition coefficient (Wildman–Crippen LogP) is 2.14. The summed E-state index contributed by atoms with van der Waals surface area (Å²) in [5.41, 5.74) is 4.31. The number of hydrazone groups is 1. The van der Waals surface area contributed by atoms with E-state index in [9.17, 15) is 23.3 Å². The molecule has 0 aliphatic heterocycles. The summed E-state index contributed by atoms with van der Waals surface area (Å²) in [5, 5.41) is 14.8. The number of hydrogen-bond donors (Lipinski definition) is 1. The van der Waals surface area contributed by atoms with Crippen LogP contribution in [0.15, 0.2) is 41.5 Å². The van der Waals surface area contributed by atoms with Crippen LogP contribution in [0.2, 0.25) is 0 Å². The first-order chi connectivity index (χ1) is 14.0. The Balaban J connectivity index is 2.16. The summed E-state index contributed by atoms with van der Waals surface area (Å²) in [6, 6.07) is 9.48. The highest BCUT2D eigenvalue weighted by Gasteiger charge is 2.22. The summed E-state index contributed by atoms with van der Waals surface area (Å²) < 4.78 is 30.4. The van der Waals surface area contributed by atoms with Crippen molar-refractivity contribution in [2.75, 3.05) is 24.2 Å². The van der Waals surface area contributed by atoms with E-state index in [1.807, 2.05) is 13.0 Å². The Morgan fingerprint density at radius 2 is 1.97 bits per heavy atom. The molecule has 2 rings (SSSR count). The van der Waals surface area contributed by atoms with Gasteiger partial charge in [0.1, 0.15) is 6.54 Å². The summed E-state index contributed by atoms with van der Waals surface area (Å²) in [4.78, 5) is 22.7. The number of anilines is 1. The molecule has 0 radical (unpaired) electrons. The minimum atomic E-state index is -3.72. The van der Waals surface area contributed by atoms with Gasteiger partial charge in [0.2, 0.25) is 10.0 Å². The molecule has 0 aromatic heterocycles. The standard InChI is InChI=1S/C19H22N4O6S/c1-13-5-6-14(2)16(9-13)22(30(4,27)28)12-19(24)21-20-11-15-7-8-18(29-3)17(10-15)23(25)26/h5-11H,12H2,1-4H3,(H,21,24)/b20-11-. The van der Waals surface area contributed by atoms with Crippen LogP contribution in [-0.4, -0.2) is 45.4 Å². The number of rotatable bonds is 8. The highest BCUT2D eigenvalue weighted by molar-refractivity contribution is 7.92. The van der Waals surface area contributed by atoms with Crippen LogP contribution >= 0.6 is 0 Å². The van der Waals surface area contributed by atoms with Gasteiger partial charge in [-0.3, -0.25) is 19.2 Å². The second kappa shape index (κ2) is 9.35. The Bertz CT molecular complexity index is 1100. The number of aryl methyl sites for hydroxylation is 2. The van der Waals surface area contributed by atoms with E-state index in [1.54, 1.807) is 19.1 Å². The molecule has 11 heteroatoms. The molecule has 2 aromatic carbocycles. The number of amides is 1. The zero-order chi connectivity index (χ0) is 22.5. The number of carbonyl (C=O) groups excluding carboxylic acids is 1. The van der Waals surface area contributed by atoms with E-state index in [1.165, 1.54) is 31.5 Å². The Labute approximate surface area is 174 Å². The van der Waals surface area contributed by atoms with Gasteiger partial charge < -0.3 is 4.74 Å². The van der Waals surface area contributed by atoms with Crippen molar-refractivity contribution < 1.29 is 22.9 Å². The summed E-state index contributed by atoms with van der Waals surface area (Å²) >= 11 is 0. The van der Waals surface area contributed by atoms with Gasteiger partial charge in [0.05, 0.1) is 30.2 Å². The average molecular weight is 434 g/mol. The molecule has 0 fully saturated rings. The van der Waals surface area contributed by atoms with Gasteiger partial charge in [-0.15, -0.1) is 0 Å². The number of nitrogens with one attached hydrogen (secondary N) is 1. The third-order valence-corrected chi connectivity index (χ3v) is 5.25. The Kier molecular flexibility index (Phi) is 7.11. The third kappa shape index (κ3) is 5.77. The average Bonchev–Trinajstić information content (AvgIpc) is 2.67. The molecule has 0 bridgehead atoms. The van der Waals surface area contributed by atoms with Crippen LogP contribution < -0.4 is 14.5 Å². The van der Waals surface area contributed by atoms with E-state index in [0.29, 0.717) is 16.8 Å². The SMILES string of the molecule is COc1ccc(/C=N\NC(=O)CN(c2cc(C)ccc2C)S(C)(=O)=O)cc1[N+](=O)[O-]. The molecule has 30 heavy (non-hydrogen) atoms. The lowest BCUT2D eigenvalue weighted by Crippen LogP contribution is -2.39. The predicted molar refractivity (Wildman–Crippen MR) is 113 cm³/mol. The van der Waals surface area contributed by atoms with Crippen LogP contribution in [-0.2, 0) is 14.8 Å². The van der Waals surface area contributed by atoms with Crippen LogP contribution in [0.25, 0.3) is 0 Å². The molecule has 0 saturated heterocycles. The maximum Gasteiger partial charge on any atom is 0.311 e. The quantitative estimate of drug-likeness (QED) is 0.385. The topological polar surface area (TPSA) is 131 Å². The molecule has 0 heterocycles. The monoisotopic (exact) mass is 434 g/mol. The number of ether oxygens (including phenoxy) is 1. The molecular weight excluding hydrogens is 412 g/mol. The van der Waals surface area contributed by atoms with Gasteiger partial charge in [-0.2, -0.15) is 5.10 Å². The van der Waals surface area contributed by atoms with Gasteiger partial charge in [0, 0.05) is 11.6 Å². The minimum Gasteiger partial charge on any atom is -0.490 e. The number of nitro benzene ring substituents is 1.